The van der Waals surface area contributed by atoms with E-state index in [1.54, 1.807) is 7.11 Å². The van der Waals surface area contributed by atoms with Crippen LogP contribution in [0.25, 0.3) is 0 Å². The molecule has 0 spiro atoms. The van der Waals surface area contributed by atoms with Gasteiger partial charge in [0, 0.05) is 18.6 Å². The van der Waals surface area contributed by atoms with Crippen molar-refractivity contribution in [2.45, 2.75) is 45.3 Å². The summed E-state index contributed by atoms with van der Waals surface area (Å²) in [4.78, 5) is 2.53. The van der Waals surface area contributed by atoms with Crippen LogP contribution in [-0.2, 0) is 6.54 Å². The van der Waals surface area contributed by atoms with Crippen molar-refractivity contribution in [2.24, 2.45) is 0 Å². The molecule has 0 atom stereocenters. The first-order chi connectivity index (χ1) is 10.1. The normalized spacial score (nSPS) is 16.9. The topological polar surface area (TPSA) is 48.3 Å². The maximum Gasteiger partial charge on any atom is 0.136 e. The maximum atomic E-state index is 9.12. The van der Waals surface area contributed by atoms with Gasteiger partial charge in [0.15, 0.2) is 0 Å². The van der Waals surface area contributed by atoms with Crippen LogP contribution in [0, 0.1) is 11.3 Å². The summed E-state index contributed by atoms with van der Waals surface area (Å²) in [6.45, 7) is 7.66. The number of nitrogens with one attached hydrogen (secondary N) is 1. The van der Waals surface area contributed by atoms with E-state index in [0.29, 0.717) is 23.4 Å². The van der Waals surface area contributed by atoms with Crippen LogP contribution in [0.5, 0.6) is 5.75 Å². The summed E-state index contributed by atoms with van der Waals surface area (Å²) in [5.41, 5.74) is 1.74. The third-order valence-electron chi connectivity index (χ3n) is 4.24. The minimum atomic E-state index is 0.577. The number of rotatable bonds is 5. The fourth-order valence-corrected chi connectivity index (χ4v) is 2.83. The molecule has 4 heteroatoms. The highest BCUT2D eigenvalue weighted by Crippen LogP contribution is 2.19. The molecular weight excluding hydrogens is 262 g/mol. The molecule has 0 bridgehead atoms. The molecule has 0 aromatic heterocycles. The van der Waals surface area contributed by atoms with Gasteiger partial charge in [-0.25, -0.2) is 0 Å². The van der Waals surface area contributed by atoms with Gasteiger partial charge in [0.1, 0.15) is 11.8 Å². The average molecular weight is 287 g/mol. The summed E-state index contributed by atoms with van der Waals surface area (Å²) in [6.07, 6.45) is 2.39. The fraction of sp³-hybridized carbons (Fsp3) is 0.588. The number of ether oxygens (including phenoxy) is 1. The van der Waals surface area contributed by atoms with E-state index in [1.807, 2.05) is 18.2 Å². The second-order valence-electron chi connectivity index (χ2n) is 5.93. The quantitative estimate of drug-likeness (QED) is 0.904. The van der Waals surface area contributed by atoms with Crippen molar-refractivity contribution in [1.29, 1.82) is 5.26 Å². The highest BCUT2D eigenvalue weighted by molar-refractivity contribution is 5.45. The van der Waals surface area contributed by atoms with Crippen LogP contribution < -0.4 is 10.1 Å². The second kappa shape index (κ2) is 7.44. The number of methoxy groups -OCH3 is 1. The molecule has 114 valence electrons. The van der Waals surface area contributed by atoms with Crippen LogP contribution in [-0.4, -0.2) is 37.2 Å². The first-order valence-corrected chi connectivity index (χ1v) is 7.68. The Hall–Kier alpha value is -1.57. The monoisotopic (exact) mass is 287 g/mol. The SMILES string of the molecule is COc1ccc(CNC2CCN(C(C)C)CC2)cc1C#N. The first-order valence-electron chi connectivity index (χ1n) is 7.68. The third-order valence-corrected chi connectivity index (χ3v) is 4.24. The van der Waals surface area contributed by atoms with Crippen LogP contribution >= 0.6 is 0 Å². The number of hydrogen-bond donors (Lipinski definition) is 1. The van der Waals surface area contributed by atoms with Crippen LogP contribution in [0.3, 0.4) is 0 Å². The molecule has 2 rings (SSSR count). The van der Waals surface area contributed by atoms with Gasteiger partial charge >= 0.3 is 0 Å². The van der Waals surface area contributed by atoms with Gasteiger partial charge in [0.25, 0.3) is 0 Å². The zero-order valence-electron chi connectivity index (χ0n) is 13.2. The van der Waals surface area contributed by atoms with Crippen LogP contribution in [0.15, 0.2) is 18.2 Å². The number of piperidine rings is 1. The average Bonchev–Trinajstić information content (AvgIpc) is 2.52. The molecule has 4 nitrogen and oxygen atoms in total. The van der Waals surface area contributed by atoms with Crippen molar-refractivity contribution in [1.82, 2.24) is 10.2 Å². The van der Waals surface area contributed by atoms with E-state index in [2.05, 4.69) is 30.1 Å². The van der Waals surface area contributed by atoms with E-state index in [9.17, 15) is 0 Å². The van der Waals surface area contributed by atoms with Crippen LogP contribution in [0.1, 0.15) is 37.8 Å². The molecule has 1 aliphatic heterocycles. The molecule has 1 aliphatic rings. The van der Waals surface area contributed by atoms with Crippen LogP contribution in [0.2, 0.25) is 0 Å². The van der Waals surface area contributed by atoms with E-state index in [4.69, 9.17) is 10.00 Å². The zero-order chi connectivity index (χ0) is 15.2. The Bertz CT molecular complexity index is 499. The lowest BCUT2D eigenvalue weighted by atomic mass is 10.0. The zero-order valence-corrected chi connectivity index (χ0v) is 13.2. The Morgan fingerprint density at radius 1 is 1.38 bits per heavy atom. The lowest BCUT2D eigenvalue weighted by molar-refractivity contribution is 0.161. The van der Waals surface area contributed by atoms with Crippen molar-refractivity contribution in [3.63, 3.8) is 0 Å². The van der Waals surface area contributed by atoms with Gasteiger partial charge in [-0.2, -0.15) is 5.26 Å². The third kappa shape index (κ3) is 4.20. The van der Waals surface area contributed by atoms with E-state index in [1.165, 1.54) is 25.9 Å². The van der Waals surface area contributed by atoms with Gasteiger partial charge in [-0.15, -0.1) is 0 Å². The molecule has 0 radical (unpaired) electrons. The summed E-state index contributed by atoms with van der Waals surface area (Å²) in [5, 5.41) is 12.7. The minimum Gasteiger partial charge on any atom is -0.495 e. The predicted molar refractivity (Wildman–Crippen MR) is 84.3 cm³/mol. The summed E-state index contributed by atoms with van der Waals surface area (Å²) >= 11 is 0. The highest BCUT2D eigenvalue weighted by Gasteiger charge is 2.20. The maximum absolute atomic E-state index is 9.12. The number of nitriles is 1. The number of benzene rings is 1. The summed E-state index contributed by atoms with van der Waals surface area (Å²) in [5.74, 6) is 0.645. The van der Waals surface area contributed by atoms with E-state index < -0.39 is 0 Å². The van der Waals surface area contributed by atoms with Crippen molar-refractivity contribution >= 4 is 0 Å². The van der Waals surface area contributed by atoms with Gasteiger partial charge in [-0.05, 0) is 57.5 Å². The Kier molecular flexibility index (Phi) is 5.60. The van der Waals surface area contributed by atoms with E-state index >= 15 is 0 Å². The van der Waals surface area contributed by atoms with E-state index in [0.717, 1.165) is 12.1 Å². The van der Waals surface area contributed by atoms with Gasteiger partial charge < -0.3 is 15.0 Å². The lowest BCUT2D eigenvalue weighted by Gasteiger charge is -2.35. The van der Waals surface area contributed by atoms with Gasteiger partial charge in [-0.1, -0.05) is 6.07 Å². The standard InChI is InChI=1S/C17H25N3O/c1-13(2)20-8-6-16(7-9-20)19-12-14-4-5-17(21-3)15(10-14)11-18/h4-5,10,13,16,19H,6-9,12H2,1-3H3. The summed E-state index contributed by atoms with van der Waals surface area (Å²) in [7, 11) is 1.59. The lowest BCUT2D eigenvalue weighted by Crippen LogP contribution is -2.44. The van der Waals surface area contributed by atoms with E-state index in [-0.39, 0.29) is 0 Å². The molecule has 1 aromatic carbocycles. The molecule has 0 aliphatic carbocycles. The second-order valence-corrected chi connectivity index (χ2v) is 5.93. The van der Waals surface area contributed by atoms with Gasteiger partial charge in [0.2, 0.25) is 0 Å². The molecule has 1 N–H and O–H groups in total. The predicted octanol–water partition coefficient (Wildman–Crippen LogP) is 2.53. The van der Waals surface area contributed by atoms with Crippen molar-refractivity contribution < 1.29 is 4.74 Å². The Morgan fingerprint density at radius 3 is 2.67 bits per heavy atom. The molecule has 1 fully saturated rings. The Morgan fingerprint density at radius 2 is 2.10 bits per heavy atom. The van der Waals surface area contributed by atoms with Crippen molar-refractivity contribution in [3.8, 4) is 11.8 Å². The Balaban J connectivity index is 1.85. The molecule has 1 saturated heterocycles. The smallest absolute Gasteiger partial charge is 0.136 e. The van der Waals surface area contributed by atoms with Gasteiger partial charge in [-0.3, -0.25) is 0 Å². The Labute approximate surface area is 127 Å². The molecule has 0 unspecified atom stereocenters. The molecule has 0 saturated carbocycles. The molecule has 21 heavy (non-hydrogen) atoms. The largest absolute Gasteiger partial charge is 0.495 e. The molecule has 1 aromatic rings. The highest BCUT2D eigenvalue weighted by atomic mass is 16.5. The van der Waals surface area contributed by atoms with Crippen LogP contribution in [0.4, 0.5) is 0 Å². The molecule has 0 amide bonds. The number of nitrogens with zero attached hydrogens (tertiary/aromatic N) is 2. The van der Waals surface area contributed by atoms with Crippen molar-refractivity contribution in [3.05, 3.63) is 29.3 Å². The number of hydrogen-bond acceptors (Lipinski definition) is 4. The first kappa shape index (κ1) is 15.8. The minimum absolute atomic E-state index is 0.577. The molecular formula is C17H25N3O. The summed E-state index contributed by atoms with van der Waals surface area (Å²) < 4.78 is 5.17. The summed E-state index contributed by atoms with van der Waals surface area (Å²) in [6, 6.07) is 9.21. The number of likely N-dealkylation sites (tertiary alicyclic amines) is 1. The van der Waals surface area contributed by atoms with Crippen molar-refractivity contribution in [2.75, 3.05) is 20.2 Å². The molecule has 1 heterocycles. The fourth-order valence-electron chi connectivity index (χ4n) is 2.83. The van der Waals surface area contributed by atoms with Gasteiger partial charge in [0.05, 0.1) is 12.7 Å².